The van der Waals surface area contributed by atoms with Gasteiger partial charge in [0.2, 0.25) is 0 Å². The van der Waals surface area contributed by atoms with Gasteiger partial charge in [-0.1, -0.05) is 187 Å². The van der Waals surface area contributed by atoms with Gasteiger partial charge in [-0.15, -0.1) is 0 Å². The van der Waals surface area contributed by atoms with Crippen LogP contribution in [0.2, 0.25) is 0 Å². The molecule has 5 heteroatoms. The van der Waals surface area contributed by atoms with Gasteiger partial charge >= 0.3 is 11.9 Å². The number of allylic oxidation sites excluding steroid dienone is 2. The molecule has 0 rings (SSSR count). The van der Waals surface area contributed by atoms with Crippen LogP contribution in [-0.4, -0.2) is 36.4 Å². The molecule has 0 saturated heterocycles. The van der Waals surface area contributed by atoms with Crippen molar-refractivity contribution >= 4 is 11.9 Å². The van der Waals surface area contributed by atoms with Crippen LogP contribution in [0.5, 0.6) is 0 Å². The van der Waals surface area contributed by atoms with Crippen LogP contribution in [0.4, 0.5) is 0 Å². The van der Waals surface area contributed by atoms with Gasteiger partial charge in [0.25, 0.3) is 0 Å². The van der Waals surface area contributed by atoms with Crippen LogP contribution in [0.1, 0.15) is 226 Å². The molecule has 0 amide bonds. The maximum Gasteiger partial charge on any atom is 0.306 e. The highest BCUT2D eigenvalue weighted by Gasteiger charge is 2.16. The van der Waals surface area contributed by atoms with Gasteiger partial charge < -0.3 is 14.6 Å². The lowest BCUT2D eigenvalue weighted by molar-refractivity contribution is -0.161. The molecule has 0 radical (unpaired) electrons. The molecule has 1 unspecified atom stereocenters. The zero-order chi connectivity index (χ0) is 34.3. The first-order valence-corrected chi connectivity index (χ1v) is 20.7. The molecule has 0 aromatic carbocycles. The van der Waals surface area contributed by atoms with Crippen molar-refractivity contribution in [1.82, 2.24) is 0 Å². The summed E-state index contributed by atoms with van der Waals surface area (Å²) in [5.41, 5.74) is 0. The number of rotatable bonds is 38. The average Bonchev–Trinajstić information content (AvgIpc) is 3.07. The minimum Gasteiger partial charge on any atom is -0.462 e. The molecule has 5 nitrogen and oxygen atoms in total. The number of aliphatic hydroxyl groups excluding tert-OH is 1. The fraction of sp³-hybridized carbons (Fsp3) is 0.905. The molecule has 0 saturated carbocycles. The second-order valence-electron chi connectivity index (χ2n) is 14.1. The molecular formula is C42H80O5. The van der Waals surface area contributed by atoms with Gasteiger partial charge in [0.15, 0.2) is 6.10 Å². The van der Waals surface area contributed by atoms with Crippen molar-refractivity contribution in [2.24, 2.45) is 0 Å². The van der Waals surface area contributed by atoms with Gasteiger partial charge in [-0.2, -0.15) is 0 Å². The van der Waals surface area contributed by atoms with Gasteiger partial charge in [0, 0.05) is 12.8 Å². The van der Waals surface area contributed by atoms with Crippen molar-refractivity contribution in [3.63, 3.8) is 0 Å². The second kappa shape index (κ2) is 39.1. The van der Waals surface area contributed by atoms with Crippen LogP contribution in [-0.2, 0) is 19.1 Å². The normalized spacial score (nSPS) is 12.1. The van der Waals surface area contributed by atoms with E-state index < -0.39 is 6.10 Å². The van der Waals surface area contributed by atoms with Gasteiger partial charge in [-0.25, -0.2) is 0 Å². The Labute approximate surface area is 292 Å². The Balaban J connectivity index is 3.48. The average molecular weight is 665 g/mol. The van der Waals surface area contributed by atoms with Crippen LogP contribution in [0, 0.1) is 0 Å². The van der Waals surface area contributed by atoms with Crippen LogP contribution in [0.3, 0.4) is 0 Å². The SMILES string of the molecule is CCCCCCCCC=CCCCCCCCCCCCCCC(=O)OC(CO)COC(=O)CCCCCCCCCCCCCC. The third-order valence-corrected chi connectivity index (χ3v) is 9.31. The Morgan fingerprint density at radius 3 is 1.15 bits per heavy atom. The van der Waals surface area contributed by atoms with Crippen molar-refractivity contribution in [1.29, 1.82) is 0 Å². The van der Waals surface area contributed by atoms with E-state index in [1.807, 2.05) is 0 Å². The molecule has 0 spiro atoms. The molecule has 47 heavy (non-hydrogen) atoms. The summed E-state index contributed by atoms with van der Waals surface area (Å²) in [5, 5.41) is 9.55. The van der Waals surface area contributed by atoms with E-state index in [0.717, 1.165) is 38.5 Å². The number of carbonyl (C=O) groups excluding carboxylic acids is 2. The Kier molecular flexibility index (Phi) is 38.0. The van der Waals surface area contributed by atoms with E-state index in [9.17, 15) is 14.7 Å². The van der Waals surface area contributed by atoms with E-state index in [2.05, 4.69) is 26.0 Å². The van der Waals surface area contributed by atoms with Gasteiger partial charge in [-0.05, 0) is 38.5 Å². The highest BCUT2D eigenvalue weighted by Crippen LogP contribution is 2.15. The number of hydrogen-bond donors (Lipinski definition) is 1. The molecule has 0 fully saturated rings. The minimum absolute atomic E-state index is 0.0598. The lowest BCUT2D eigenvalue weighted by atomic mass is 10.0. The van der Waals surface area contributed by atoms with Crippen molar-refractivity contribution in [2.75, 3.05) is 13.2 Å². The fourth-order valence-corrected chi connectivity index (χ4v) is 6.14. The fourth-order valence-electron chi connectivity index (χ4n) is 6.14. The number of carbonyl (C=O) groups is 2. The summed E-state index contributed by atoms with van der Waals surface area (Å²) < 4.78 is 10.6. The standard InChI is InChI=1S/C42H80O5/c1-3-5-7-9-11-13-15-17-18-19-20-21-22-23-24-25-27-29-31-33-35-37-42(45)47-40(38-43)39-46-41(44)36-34-32-30-28-26-16-14-12-10-8-6-4-2/h17-18,40,43H,3-16,19-39H2,1-2H3. The molecule has 0 aromatic rings. The van der Waals surface area contributed by atoms with E-state index in [4.69, 9.17) is 9.47 Å². The summed E-state index contributed by atoms with van der Waals surface area (Å²) in [7, 11) is 0. The minimum atomic E-state index is -0.764. The maximum absolute atomic E-state index is 12.2. The highest BCUT2D eigenvalue weighted by molar-refractivity contribution is 5.70. The van der Waals surface area contributed by atoms with Crippen molar-refractivity contribution in [3.05, 3.63) is 12.2 Å². The molecule has 1 N–H and O–H groups in total. The quantitative estimate of drug-likeness (QED) is 0.0404. The van der Waals surface area contributed by atoms with Gasteiger partial charge in [0.05, 0.1) is 6.61 Å². The maximum atomic E-state index is 12.2. The smallest absolute Gasteiger partial charge is 0.306 e. The Hall–Kier alpha value is -1.36. The number of unbranched alkanes of at least 4 members (excludes halogenated alkanes) is 28. The molecule has 0 heterocycles. The lowest BCUT2D eigenvalue weighted by Gasteiger charge is -2.15. The summed E-state index contributed by atoms with van der Waals surface area (Å²) in [6.07, 6.45) is 44.2. The summed E-state index contributed by atoms with van der Waals surface area (Å²) in [6, 6.07) is 0. The monoisotopic (exact) mass is 665 g/mol. The summed E-state index contributed by atoms with van der Waals surface area (Å²) in [5.74, 6) is -0.581. The van der Waals surface area contributed by atoms with Gasteiger partial charge in [-0.3, -0.25) is 9.59 Å². The Bertz CT molecular complexity index is 676. The third-order valence-electron chi connectivity index (χ3n) is 9.31. The van der Waals surface area contributed by atoms with E-state index in [1.54, 1.807) is 0 Å². The van der Waals surface area contributed by atoms with E-state index in [-0.39, 0.29) is 25.2 Å². The predicted molar refractivity (Wildman–Crippen MR) is 201 cm³/mol. The second-order valence-corrected chi connectivity index (χ2v) is 14.1. The van der Waals surface area contributed by atoms with Crippen LogP contribution in [0.15, 0.2) is 12.2 Å². The molecule has 0 bridgehead atoms. The molecule has 0 aliphatic rings. The van der Waals surface area contributed by atoms with Crippen LogP contribution in [0.25, 0.3) is 0 Å². The molecular weight excluding hydrogens is 584 g/mol. The predicted octanol–water partition coefficient (Wildman–Crippen LogP) is 12.9. The zero-order valence-corrected chi connectivity index (χ0v) is 31.6. The highest BCUT2D eigenvalue weighted by atomic mass is 16.6. The summed E-state index contributed by atoms with van der Waals surface area (Å²) in [4.78, 5) is 24.2. The number of esters is 2. The Morgan fingerprint density at radius 2 is 0.787 bits per heavy atom. The third kappa shape index (κ3) is 37.3. The van der Waals surface area contributed by atoms with E-state index >= 15 is 0 Å². The van der Waals surface area contributed by atoms with Crippen LogP contribution < -0.4 is 0 Å². The number of hydrogen-bond acceptors (Lipinski definition) is 5. The topological polar surface area (TPSA) is 72.8 Å². The molecule has 0 aliphatic heterocycles. The molecule has 278 valence electrons. The summed E-state index contributed by atoms with van der Waals surface area (Å²) in [6.45, 7) is 4.15. The van der Waals surface area contributed by atoms with Crippen molar-refractivity contribution in [3.8, 4) is 0 Å². The number of aliphatic hydroxyl groups is 1. The Morgan fingerprint density at radius 1 is 0.468 bits per heavy atom. The first-order valence-electron chi connectivity index (χ1n) is 20.7. The van der Waals surface area contributed by atoms with Crippen molar-refractivity contribution < 1.29 is 24.2 Å². The first kappa shape index (κ1) is 45.6. The molecule has 1 atom stereocenters. The molecule has 0 aromatic heterocycles. The largest absolute Gasteiger partial charge is 0.462 e. The molecule has 0 aliphatic carbocycles. The van der Waals surface area contributed by atoms with Gasteiger partial charge in [0.1, 0.15) is 6.61 Å². The summed E-state index contributed by atoms with van der Waals surface area (Å²) >= 11 is 0. The van der Waals surface area contributed by atoms with Crippen molar-refractivity contribution in [2.45, 2.75) is 232 Å². The zero-order valence-electron chi connectivity index (χ0n) is 31.6. The number of ether oxygens (including phenoxy) is 2. The lowest BCUT2D eigenvalue weighted by Crippen LogP contribution is -2.28. The first-order chi connectivity index (χ1) is 23.1. The van der Waals surface area contributed by atoms with E-state index in [1.165, 1.54) is 161 Å². The van der Waals surface area contributed by atoms with Crippen LogP contribution >= 0.6 is 0 Å². The van der Waals surface area contributed by atoms with E-state index in [0.29, 0.717) is 12.8 Å².